The minimum absolute atomic E-state index is 0.0326. The first-order chi connectivity index (χ1) is 13.4. The predicted octanol–water partition coefficient (Wildman–Crippen LogP) is 3.39. The van der Waals surface area contributed by atoms with E-state index in [1.807, 2.05) is 50.2 Å². The molecule has 1 aliphatic rings. The highest BCUT2D eigenvalue weighted by Gasteiger charge is 2.29. The van der Waals surface area contributed by atoms with Gasteiger partial charge in [0.2, 0.25) is 5.91 Å². The van der Waals surface area contributed by atoms with Crippen molar-refractivity contribution in [2.24, 2.45) is 0 Å². The first kappa shape index (κ1) is 19.7. The van der Waals surface area contributed by atoms with Crippen molar-refractivity contribution < 1.29 is 19.1 Å². The summed E-state index contributed by atoms with van der Waals surface area (Å²) in [6.07, 6.45) is -0.282. The van der Waals surface area contributed by atoms with Crippen LogP contribution in [0.3, 0.4) is 0 Å². The molecule has 6 nitrogen and oxygen atoms in total. The molecule has 0 saturated heterocycles. The van der Waals surface area contributed by atoms with Crippen molar-refractivity contribution in [3.05, 3.63) is 53.6 Å². The number of methoxy groups -OCH3 is 1. The Bertz CT molecular complexity index is 879. The van der Waals surface area contributed by atoms with Crippen molar-refractivity contribution in [3.63, 3.8) is 0 Å². The Morgan fingerprint density at radius 1 is 1.29 bits per heavy atom. The minimum atomic E-state index is -0.530. The molecule has 1 atom stereocenters. The molecule has 0 unspecified atom stereocenters. The number of amides is 2. The van der Waals surface area contributed by atoms with Gasteiger partial charge in [-0.25, -0.2) is 0 Å². The van der Waals surface area contributed by atoms with Gasteiger partial charge in [-0.15, -0.1) is 0 Å². The summed E-state index contributed by atoms with van der Waals surface area (Å²) < 4.78 is 11.0. The van der Waals surface area contributed by atoms with Crippen LogP contribution in [0.4, 0.5) is 5.69 Å². The van der Waals surface area contributed by atoms with Crippen LogP contribution in [0, 0.1) is 0 Å². The zero-order valence-corrected chi connectivity index (χ0v) is 16.7. The highest BCUT2D eigenvalue weighted by molar-refractivity contribution is 5.92. The molecular weight excluding hydrogens is 356 g/mol. The molecule has 2 aromatic rings. The lowest BCUT2D eigenvalue weighted by Gasteiger charge is -2.26. The SMILES string of the molecule is COc1cccc(CC(=O)Nc2ccc3c(c2)CN(C(C)C)C(=O)[C@@H](C)O3)c1. The van der Waals surface area contributed by atoms with Crippen LogP contribution in [0.1, 0.15) is 31.9 Å². The zero-order chi connectivity index (χ0) is 20.3. The molecule has 0 saturated carbocycles. The Morgan fingerprint density at radius 3 is 2.79 bits per heavy atom. The summed E-state index contributed by atoms with van der Waals surface area (Å²) in [5.74, 6) is 1.25. The summed E-state index contributed by atoms with van der Waals surface area (Å²) in [4.78, 5) is 26.7. The van der Waals surface area contributed by atoms with Crippen molar-refractivity contribution in [1.29, 1.82) is 0 Å². The first-order valence-electron chi connectivity index (χ1n) is 9.40. The van der Waals surface area contributed by atoms with Gasteiger partial charge in [-0.1, -0.05) is 12.1 Å². The van der Waals surface area contributed by atoms with E-state index in [1.54, 1.807) is 25.0 Å². The van der Waals surface area contributed by atoms with Crippen molar-refractivity contribution in [2.75, 3.05) is 12.4 Å². The summed E-state index contributed by atoms with van der Waals surface area (Å²) in [7, 11) is 1.60. The predicted molar refractivity (Wildman–Crippen MR) is 108 cm³/mol. The van der Waals surface area contributed by atoms with Gasteiger partial charge < -0.3 is 19.7 Å². The lowest BCUT2D eigenvalue weighted by molar-refractivity contribution is -0.139. The highest BCUT2D eigenvalue weighted by Crippen LogP contribution is 2.29. The van der Waals surface area contributed by atoms with E-state index >= 15 is 0 Å². The number of nitrogens with one attached hydrogen (secondary N) is 1. The van der Waals surface area contributed by atoms with Crippen LogP contribution in [0.15, 0.2) is 42.5 Å². The maximum Gasteiger partial charge on any atom is 0.263 e. The molecular formula is C22H26N2O4. The number of hydrogen-bond donors (Lipinski definition) is 1. The second kappa shape index (κ2) is 8.33. The molecule has 1 aliphatic heterocycles. The number of carbonyl (C=O) groups is 2. The number of benzene rings is 2. The molecule has 0 spiro atoms. The topological polar surface area (TPSA) is 67.9 Å². The Morgan fingerprint density at radius 2 is 2.07 bits per heavy atom. The van der Waals surface area contributed by atoms with E-state index in [0.29, 0.717) is 18.0 Å². The van der Waals surface area contributed by atoms with Gasteiger partial charge in [-0.3, -0.25) is 9.59 Å². The van der Waals surface area contributed by atoms with Crippen LogP contribution < -0.4 is 14.8 Å². The summed E-state index contributed by atoms with van der Waals surface area (Å²) >= 11 is 0. The highest BCUT2D eigenvalue weighted by atomic mass is 16.5. The summed E-state index contributed by atoms with van der Waals surface area (Å²) in [6.45, 7) is 6.18. The Hall–Kier alpha value is -3.02. The molecule has 0 aromatic heterocycles. The number of hydrogen-bond acceptors (Lipinski definition) is 4. The fraction of sp³-hybridized carbons (Fsp3) is 0.364. The zero-order valence-electron chi connectivity index (χ0n) is 16.7. The molecule has 2 amide bonds. The largest absolute Gasteiger partial charge is 0.497 e. The van der Waals surface area contributed by atoms with Gasteiger partial charge >= 0.3 is 0 Å². The molecule has 148 valence electrons. The normalized spacial score (nSPS) is 16.2. The van der Waals surface area contributed by atoms with E-state index in [9.17, 15) is 9.59 Å². The molecule has 0 aliphatic carbocycles. The van der Waals surface area contributed by atoms with Crippen molar-refractivity contribution >= 4 is 17.5 Å². The van der Waals surface area contributed by atoms with Gasteiger partial charge in [0.15, 0.2) is 6.10 Å². The maximum atomic E-state index is 12.5. The minimum Gasteiger partial charge on any atom is -0.497 e. The average molecular weight is 382 g/mol. The maximum absolute atomic E-state index is 12.5. The Kier molecular flexibility index (Phi) is 5.87. The van der Waals surface area contributed by atoms with Crippen LogP contribution in [0.25, 0.3) is 0 Å². The van der Waals surface area contributed by atoms with Crippen LogP contribution >= 0.6 is 0 Å². The average Bonchev–Trinajstić information content (AvgIpc) is 2.78. The van der Waals surface area contributed by atoms with Crippen molar-refractivity contribution in [3.8, 4) is 11.5 Å². The van der Waals surface area contributed by atoms with E-state index in [4.69, 9.17) is 9.47 Å². The number of fused-ring (bicyclic) bond motifs is 1. The van der Waals surface area contributed by atoms with Gasteiger partial charge in [0.1, 0.15) is 11.5 Å². The third-order valence-corrected chi connectivity index (χ3v) is 4.74. The third kappa shape index (κ3) is 4.44. The summed E-state index contributed by atoms with van der Waals surface area (Å²) in [5.41, 5.74) is 2.44. The van der Waals surface area contributed by atoms with E-state index in [2.05, 4.69) is 5.32 Å². The van der Waals surface area contributed by atoms with Gasteiger partial charge in [0.05, 0.1) is 13.5 Å². The monoisotopic (exact) mass is 382 g/mol. The van der Waals surface area contributed by atoms with Gasteiger partial charge in [0.25, 0.3) is 5.91 Å². The lowest BCUT2D eigenvalue weighted by Crippen LogP contribution is -2.41. The number of anilines is 1. The van der Waals surface area contributed by atoms with Crippen LogP contribution in [0.5, 0.6) is 11.5 Å². The van der Waals surface area contributed by atoms with Crippen molar-refractivity contribution in [2.45, 2.75) is 45.9 Å². The molecule has 1 N–H and O–H groups in total. The summed E-state index contributed by atoms with van der Waals surface area (Å²) in [6, 6.07) is 13.0. The standard InChI is InChI=1S/C22H26N2O4/c1-14(2)24-13-17-12-18(8-9-20(17)28-15(3)22(24)26)23-21(25)11-16-6-5-7-19(10-16)27-4/h5-10,12,14-15H,11,13H2,1-4H3,(H,23,25)/t15-/m1/s1. The van der Waals surface area contributed by atoms with Crippen LogP contribution in [0.2, 0.25) is 0 Å². The van der Waals surface area contributed by atoms with E-state index in [1.165, 1.54) is 0 Å². The second-order valence-corrected chi connectivity index (χ2v) is 7.22. The molecule has 0 fully saturated rings. The molecule has 3 rings (SSSR count). The van der Waals surface area contributed by atoms with E-state index < -0.39 is 6.10 Å². The molecule has 2 aromatic carbocycles. The van der Waals surface area contributed by atoms with Crippen molar-refractivity contribution in [1.82, 2.24) is 4.90 Å². The molecule has 0 bridgehead atoms. The lowest BCUT2D eigenvalue weighted by atomic mass is 10.1. The number of carbonyl (C=O) groups excluding carboxylic acids is 2. The quantitative estimate of drug-likeness (QED) is 0.861. The van der Waals surface area contributed by atoms with Gasteiger partial charge in [0, 0.05) is 23.8 Å². The smallest absolute Gasteiger partial charge is 0.263 e. The van der Waals surface area contributed by atoms with Crippen LogP contribution in [-0.2, 0) is 22.6 Å². The Balaban J connectivity index is 1.75. The summed E-state index contributed by atoms with van der Waals surface area (Å²) in [5, 5.41) is 2.93. The number of nitrogens with zero attached hydrogens (tertiary/aromatic N) is 1. The Labute approximate surface area is 165 Å². The van der Waals surface area contributed by atoms with E-state index in [-0.39, 0.29) is 24.3 Å². The molecule has 0 radical (unpaired) electrons. The van der Waals surface area contributed by atoms with E-state index in [0.717, 1.165) is 16.9 Å². The second-order valence-electron chi connectivity index (χ2n) is 7.22. The van der Waals surface area contributed by atoms with Gasteiger partial charge in [-0.05, 0) is 56.7 Å². The fourth-order valence-corrected chi connectivity index (χ4v) is 3.24. The molecule has 28 heavy (non-hydrogen) atoms. The molecule has 6 heteroatoms. The van der Waals surface area contributed by atoms with Crippen LogP contribution in [-0.4, -0.2) is 36.0 Å². The first-order valence-corrected chi connectivity index (χ1v) is 9.40. The number of ether oxygens (including phenoxy) is 2. The number of rotatable bonds is 5. The third-order valence-electron chi connectivity index (χ3n) is 4.74. The fourth-order valence-electron chi connectivity index (χ4n) is 3.24. The molecule has 1 heterocycles. The van der Waals surface area contributed by atoms with Gasteiger partial charge in [-0.2, -0.15) is 0 Å².